The molecule has 1 atom stereocenters. The molecule has 2 N–H and O–H groups in total. The minimum Gasteiger partial charge on any atom is -0.392 e. The van der Waals surface area contributed by atoms with E-state index in [2.05, 4.69) is 24.1 Å². The maximum Gasteiger partial charge on any atom is 0.0690 e. The van der Waals surface area contributed by atoms with E-state index in [0.29, 0.717) is 5.92 Å². The first-order chi connectivity index (χ1) is 8.16. The van der Waals surface area contributed by atoms with Gasteiger partial charge in [0.1, 0.15) is 0 Å². The van der Waals surface area contributed by atoms with Gasteiger partial charge in [0.05, 0.1) is 6.10 Å². The summed E-state index contributed by atoms with van der Waals surface area (Å²) in [5.74, 6) is 1.22. The predicted octanol–water partition coefficient (Wildman–Crippen LogP) is 1.47. The number of aliphatic hydroxyl groups is 1. The fraction of sp³-hybridized carbons (Fsp3) is 1.00. The highest BCUT2D eigenvalue weighted by Crippen LogP contribution is 2.29. The molecule has 2 fully saturated rings. The molecule has 1 heterocycles. The average Bonchev–Trinajstić information content (AvgIpc) is 3.13. The summed E-state index contributed by atoms with van der Waals surface area (Å²) in [4.78, 5) is 2.56. The van der Waals surface area contributed by atoms with Crippen LogP contribution in [0.4, 0.5) is 0 Å². The highest BCUT2D eigenvalue weighted by atomic mass is 16.3. The molecule has 0 spiro atoms. The molecule has 3 heteroatoms. The van der Waals surface area contributed by atoms with Gasteiger partial charge in [-0.05, 0) is 50.6 Å². The Morgan fingerprint density at radius 2 is 1.82 bits per heavy atom. The third-order valence-electron chi connectivity index (χ3n) is 4.21. The van der Waals surface area contributed by atoms with Gasteiger partial charge in [-0.25, -0.2) is 0 Å². The summed E-state index contributed by atoms with van der Waals surface area (Å²) in [6.07, 6.45) is 5.14. The maximum atomic E-state index is 10.0. The molecule has 0 amide bonds. The van der Waals surface area contributed by atoms with Crippen molar-refractivity contribution in [3.63, 3.8) is 0 Å². The zero-order valence-corrected chi connectivity index (χ0v) is 11.4. The third-order valence-corrected chi connectivity index (χ3v) is 4.21. The summed E-state index contributed by atoms with van der Waals surface area (Å²) in [7, 11) is 0. The lowest BCUT2D eigenvalue weighted by molar-refractivity contribution is 0.0630. The van der Waals surface area contributed by atoms with Gasteiger partial charge in [-0.15, -0.1) is 0 Å². The number of aliphatic hydroxyl groups excluding tert-OH is 1. The van der Waals surface area contributed by atoms with Gasteiger partial charge in [0.15, 0.2) is 0 Å². The number of hydrogen-bond donors (Lipinski definition) is 2. The van der Waals surface area contributed by atoms with E-state index in [4.69, 9.17) is 0 Å². The summed E-state index contributed by atoms with van der Waals surface area (Å²) in [5, 5.41) is 13.5. The van der Waals surface area contributed by atoms with Gasteiger partial charge in [-0.2, -0.15) is 0 Å². The number of nitrogens with one attached hydrogen (secondary N) is 1. The van der Waals surface area contributed by atoms with Crippen molar-refractivity contribution in [2.75, 3.05) is 26.2 Å². The SMILES string of the molecule is CC(C)C(O)CN(CC1CCNCC1)C1CC1. The quantitative estimate of drug-likeness (QED) is 0.738. The van der Waals surface area contributed by atoms with Crippen molar-refractivity contribution in [2.45, 2.75) is 51.7 Å². The molecule has 1 saturated carbocycles. The molecule has 2 aliphatic rings. The Morgan fingerprint density at radius 3 is 2.35 bits per heavy atom. The first kappa shape index (κ1) is 13.3. The van der Waals surface area contributed by atoms with E-state index in [9.17, 15) is 5.11 Å². The zero-order chi connectivity index (χ0) is 12.3. The molecule has 0 aromatic rings. The van der Waals surface area contributed by atoms with Gasteiger partial charge in [0, 0.05) is 19.1 Å². The van der Waals surface area contributed by atoms with Gasteiger partial charge in [-0.1, -0.05) is 13.8 Å². The second kappa shape index (κ2) is 6.17. The Bertz CT molecular complexity index is 222. The Morgan fingerprint density at radius 1 is 1.18 bits per heavy atom. The van der Waals surface area contributed by atoms with Crippen LogP contribution in [0.1, 0.15) is 39.5 Å². The summed E-state index contributed by atoms with van der Waals surface area (Å²) < 4.78 is 0. The van der Waals surface area contributed by atoms with Crippen LogP contribution < -0.4 is 5.32 Å². The van der Waals surface area contributed by atoms with Crippen molar-refractivity contribution in [3.05, 3.63) is 0 Å². The predicted molar refractivity (Wildman–Crippen MR) is 71.0 cm³/mol. The van der Waals surface area contributed by atoms with Crippen molar-refractivity contribution >= 4 is 0 Å². The van der Waals surface area contributed by atoms with Gasteiger partial charge in [-0.3, -0.25) is 4.90 Å². The normalized spacial score (nSPS) is 24.5. The molecule has 1 aliphatic carbocycles. The summed E-state index contributed by atoms with van der Waals surface area (Å²) in [6.45, 7) is 8.66. The molecule has 0 aromatic carbocycles. The lowest BCUT2D eigenvalue weighted by Crippen LogP contribution is -2.42. The first-order valence-corrected chi connectivity index (χ1v) is 7.29. The monoisotopic (exact) mass is 240 g/mol. The lowest BCUT2D eigenvalue weighted by Gasteiger charge is -2.32. The second-order valence-corrected chi connectivity index (χ2v) is 6.19. The highest BCUT2D eigenvalue weighted by Gasteiger charge is 2.32. The molecule has 1 saturated heterocycles. The van der Waals surface area contributed by atoms with Crippen LogP contribution in [0.5, 0.6) is 0 Å². The first-order valence-electron chi connectivity index (χ1n) is 7.29. The van der Waals surface area contributed by atoms with Crippen LogP contribution in [0.25, 0.3) is 0 Å². The third kappa shape index (κ3) is 4.23. The van der Waals surface area contributed by atoms with Crippen molar-refractivity contribution in [1.82, 2.24) is 10.2 Å². The van der Waals surface area contributed by atoms with Crippen LogP contribution >= 0.6 is 0 Å². The second-order valence-electron chi connectivity index (χ2n) is 6.19. The van der Waals surface area contributed by atoms with Crippen LogP contribution in [-0.2, 0) is 0 Å². The number of nitrogens with zero attached hydrogens (tertiary/aromatic N) is 1. The molecule has 17 heavy (non-hydrogen) atoms. The molecular formula is C14H28N2O. The van der Waals surface area contributed by atoms with Crippen molar-refractivity contribution in [1.29, 1.82) is 0 Å². The van der Waals surface area contributed by atoms with E-state index in [1.807, 2.05) is 0 Å². The summed E-state index contributed by atoms with van der Waals surface area (Å²) in [5.41, 5.74) is 0. The van der Waals surface area contributed by atoms with E-state index in [0.717, 1.165) is 18.5 Å². The van der Waals surface area contributed by atoms with E-state index in [1.54, 1.807) is 0 Å². The number of piperidine rings is 1. The Kier molecular flexibility index (Phi) is 4.83. The van der Waals surface area contributed by atoms with E-state index < -0.39 is 0 Å². The molecular weight excluding hydrogens is 212 g/mol. The summed E-state index contributed by atoms with van der Waals surface area (Å²) in [6, 6.07) is 0.776. The van der Waals surface area contributed by atoms with Crippen LogP contribution in [0.2, 0.25) is 0 Å². The Hall–Kier alpha value is -0.120. The van der Waals surface area contributed by atoms with Crippen molar-refractivity contribution < 1.29 is 5.11 Å². The molecule has 1 unspecified atom stereocenters. The average molecular weight is 240 g/mol. The lowest BCUT2D eigenvalue weighted by atomic mass is 9.97. The molecule has 0 aromatic heterocycles. The van der Waals surface area contributed by atoms with Gasteiger partial charge in [0.25, 0.3) is 0 Å². The fourth-order valence-electron chi connectivity index (χ4n) is 2.66. The molecule has 100 valence electrons. The van der Waals surface area contributed by atoms with Gasteiger partial charge < -0.3 is 10.4 Å². The van der Waals surface area contributed by atoms with Gasteiger partial charge >= 0.3 is 0 Å². The molecule has 3 nitrogen and oxygen atoms in total. The topological polar surface area (TPSA) is 35.5 Å². The van der Waals surface area contributed by atoms with Crippen LogP contribution in [0.3, 0.4) is 0 Å². The Balaban J connectivity index is 1.79. The fourth-order valence-corrected chi connectivity index (χ4v) is 2.66. The minimum absolute atomic E-state index is 0.155. The molecule has 0 radical (unpaired) electrons. The van der Waals surface area contributed by atoms with Gasteiger partial charge in [0.2, 0.25) is 0 Å². The van der Waals surface area contributed by atoms with Crippen LogP contribution in [0, 0.1) is 11.8 Å². The minimum atomic E-state index is -0.155. The summed E-state index contributed by atoms with van der Waals surface area (Å²) >= 11 is 0. The zero-order valence-electron chi connectivity index (χ0n) is 11.4. The van der Waals surface area contributed by atoms with Crippen molar-refractivity contribution in [2.24, 2.45) is 11.8 Å². The Labute approximate surface area is 106 Å². The van der Waals surface area contributed by atoms with E-state index in [1.165, 1.54) is 45.3 Å². The highest BCUT2D eigenvalue weighted by molar-refractivity contribution is 4.88. The van der Waals surface area contributed by atoms with E-state index in [-0.39, 0.29) is 6.10 Å². The molecule has 1 aliphatic heterocycles. The molecule has 2 rings (SSSR count). The standard InChI is InChI=1S/C14H28N2O/c1-11(2)14(17)10-16(13-3-4-13)9-12-5-7-15-8-6-12/h11-15,17H,3-10H2,1-2H3. The molecule has 0 bridgehead atoms. The number of hydrogen-bond acceptors (Lipinski definition) is 3. The van der Waals surface area contributed by atoms with Crippen LogP contribution in [0.15, 0.2) is 0 Å². The van der Waals surface area contributed by atoms with Crippen molar-refractivity contribution in [3.8, 4) is 0 Å². The van der Waals surface area contributed by atoms with E-state index >= 15 is 0 Å². The van der Waals surface area contributed by atoms with Crippen LogP contribution in [-0.4, -0.2) is 48.3 Å². The largest absolute Gasteiger partial charge is 0.392 e. The number of rotatable bonds is 6. The smallest absolute Gasteiger partial charge is 0.0690 e. The maximum absolute atomic E-state index is 10.0.